The van der Waals surface area contributed by atoms with Gasteiger partial charge < -0.3 is 59.8 Å². The van der Waals surface area contributed by atoms with Crippen LogP contribution in [0, 0.1) is 13.8 Å². The normalized spacial score (nSPS) is 11.3. The molecule has 123 heavy (non-hydrogen) atoms. The number of aromatic hydroxyl groups is 3. The Labute approximate surface area is 713 Å². The fourth-order valence-corrected chi connectivity index (χ4v) is 16.0. The number of para-hydroxylation sites is 3. The van der Waals surface area contributed by atoms with Crippen molar-refractivity contribution in [3.63, 3.8) is 0 Å². The van der Waals surface area contributed by atoms with Crippen molar-refractivity contribution in [2.45, 2.75) is 39.9 Å². The predicted octanol–water partition coefficient (Wildman–Crippen LogP) is 22.6. The number of carboxylic acids is 3. The van der Waals surface area contributed by atoms with Crippen LogP contribution in [0.4, 0.5) is 17.1 Å². The van der Waals surface area contributed by atoms with Gasteiger partial charge in [0.05, 0.1) is 82.1 Å². The summed E-state index contributed by atoms with van der Waals surface area (Å²) in [6.07, 6.45) is 0.688. The van der Waals surface area contributed by atoms with E-state index in [1.54, 1.807) is 91.0 Å². The van der Waals surface area contributed by atoms with Crippen LogP contribution in [-0.2, 0) is 26.1 Å². The fraction of sp³-hybridized carbons (Fsp3) is 0.0606. The van der Waals surface area contributed by atoms with Gasteiger partial charge in [0.15, 0.2) is 0 Å². The molecule has 3 aromatic heterocycles. The lowest BCUT2D eigenvalue weighted by Gasteiger charge is -2.19. The highest BCUT2D eigenvalue weighted by Gasteiger charge is 2.29. The Bertz CT molecular complexity index is 7610. The van der Waals surface area contributed by atoms with E-state index in [9.17, 15) is 59.4 Å². The molecule has 21 nitrogen and oxygen atoms in total. The standard InChI is InChI=1S/C37H25ClN2O5.2C31H21ClN2O5/c38-29-18-27-33(19-32(29)42)45-36-26(34(27)24-10-4-5-11-25(24)37(43)44)15-16-31(41)28(36)20-39-30-12-6-9-22-13-14-23(40-35(22)30)17-21-7-2-1-3-8-21;1-16-9-10-17-5-4-8-24(29(17)34-16)33-15-22-25(35)12-11-20-28(18-6-2-3-7-19(18)31(37)38)21-13-23(32)26(36)14-27(21)39-30(20)22;1-16-5-6-18-3-2-4-24(29(18)34-16)33-15-22-25(35)12-11-20-28(17-7-9-19(10-8-17)31(37)38)21-13-23(32)26(36)14-27(21)39-30(20)22/h1-16,18-19,39,41H,17,20H2,(H,43,44);2*2-14,33,35H,15H2,1H3,(H,37,38). The topological polar surface area (TPSA) is 338 Å². The average Bonchev–Trinajstić information content (AvgIpc) is 0.746. The number of nitrogens with zero attached hydrogens (tertiary/aromatic N) is 3. The van der Waals surface area contributed by atoms with Crippen LogP contribution in [0.15, 0.2) is 295 Å². The van der Waals surface area contributed by atoms with Gasteiger partial charge in [-0.05, 0) is 151 Å². The van der Waals surface area contributed by atoms with Crippen LogP contribution in [0.3, 0.4) is 0 Å². The van der Waals surface area contributed by atoms with Crippen molar-refractivity contribution >= 4 is 135 Å². The largest absolute Gasteiger partial charge is 0.507 e. The Morgan fingerprint density at radius 1 is 0.358 bits per heavy atom. The number of carboxylic acid groups (broad SMARTS) is 3. The van der Waals surface area contributed by atoms with Crippen LogP contribution >= 0.6 is 34.8 Å². The molecular formula is C99H67Cl3N6O15. The van der Waals surface area contributed by atoms with Gasteiger partial charge >= 0.3 is 17.9 Å². The van der Waals surface area contributed by atoms with E-state index in [1.807, 2.05) is 123 Å². The number of aromatic carboxylic acids is 3. The van der Waals surface area contributed by atoms with Crippen LogP contribution in [0.5, 0.6) is 17.2 Å². The molecule has 0 saturated heterocycles. The molecule has 0 amide bonds. The molecule has 6 heterocycles. The lowest BCUT2D eigenvalue weighted by molar-refractivity contribution is 0.0686. The van der Waals surface area contributed by atoms with E-state index < -0.39 is 34.2 Å². The monoisotopic (exact) mass is 1680 g/mol. The van der Waals surface area contributed by atoms with E-state index in [1.165, 1.54) is 54.6 Å². The number of nitrogens with one attached hydrogen (secondary N) is 3. The summed E-state index contributed by atoms with van der Waals surface area (Å²) in [5.41, 5.74) is 14.9. The number of hydrogen-bond acceptors (Lipinski definition) is 18. The summed E-state index contributed by atoms with van der Waals surface area (Å²) >= 11 is 18.7. The zero-order chi connectivity index (χ0) is 85.6. The molecule has 0 unspecified atom stereocenters. The van der Waals surface area contributed by atoms with Gasteiger partial charge in [-0.2, -0.15) is 0 Å². The molecule has 0 radical (unpaired) electrons. The van der Waals surface area contributed by atoms with Crippen LogP contribution < -0.4 is 32.2 Å². The smallest absolute Gasteiger partial charge is 0.336 e. The number of fused-ring (bicyclic) bond motifs is 9. The van der Waals surface area contributed by atoms with Crippen molar-refractivity contribution in [2.75, 3.05) is 16.0 Å². The first kappa shape index (κ1) is 80.0. The SMILES string of the molecule is Cc1ccc2cccc(NCc3c(O)ccc4c(-c5ccc(C(=O)O)cc5)c5cc(Cl)c(=O)cc-5oc34)c2n1.Cc1ccc2cccc(NCc3c(O)ccc4c(-c5ccccc5C(=O)O)c5cc(Cl)c(=O)cc-5oc34)c2n1.O=C(O)c1ccccc1-c1c2cc(Cl)c(=O)cc-2oc2c(CNc3cccc4ccc(Cc5ccccc5)nc34)c(O)ccc12. The third-order valence-electron chi connectivity index (χ3n) is 21.4. The van der Waals surface area contributed by atoms with E-state index >= 15 is 0 Å². The lowest BCUT2D eigenvalue weighted by atomic mass is 9.90. The first-order valence-corrected chi connectivity index (χ1v) is 39.7. The van der Waals surface area contributed by atoms with Crippen molar-refractivity contribution in [1.29, 1.82) is 0 Å². The van der Waals surface area contributed by atoms with Gasteiger partial charge in [-0.15, -0.1) is 0 Å². The van der Waals surface area contributed by atoms with Crippen molar-refractivity contribution in [3.8, 4) is 84.6 Å². The molecule has 0 fully saturated rings. The molecule has 19 rings (SSSR count). The summed E-state index contributed by atoms with van der Waals surface area (Å²) in [6.45, 7) is 4.38. The molecule has 6 aliphatic rings. The van der Waals surface area contributed by atoms with Gasteiger partial charge in [-0.1, -0.05) is 168 Å². The van der Waals surface area contributed by atoms with E-state index in [0.717, 1.165) is 72.4 Å². The minimum Gasteiger partial charge on any atom is -0.507 e. The van der Waals surface area contributed by atoms with Crippen LogP contribution in [0.1, 0.15) is 70.4 Å². The number of anilines is 3. The van der Waals surface area contributed by atoms with Gasteiger partial charge in [-0.25, -0.2) is 14.4 Å². The summed E-state index contributed by atoms with van der Waals surface area (Å²) < 4.78 is 18.8. The summed E-state index contributed by atoms with van der Waals surface area (Å²) in [7, 11) is 0. The molecule has 9 N–H and O–H groups in total. The second kappa shape index (κ2) is 33.4. The number of phenols is 3. The number of benzene rings is 13. The van der Waals surface area contributed by atoms with Gasteiger partial charge in [-0.3, -0.25) is 29.3 Å². The lowest BCUT2D eigenvalue weighted by Crippen LogP contribution is -2.06. The van der Waals surface area contributed by atoms with Gasteiger partial charge in [0, 0.05) is 127 Å². The quantitative estimate of drug-likeness (QED) is 0.0382. The molecule has 3 aliphatic carbocycles. The average molecular weight is 1690 g/mol. The first-order chi connectivity index (χ1) is 59.5. The van der Waals surface area contributed by atoms with Gasteiger partial charge in [0.25, 0.3) is 0 Å². The van der Waals surface area contributed by atoms with Gasteiger partial charge in [0.2, 0.25) is 16.3 Å². The number of pyridine rings is 3. The number of hydrogen-bond donors (Lipinski definition) is 9. The molecule has 3 aliphatic heterocycles. The summed E-state index contributed by atoms with van der Waals surface area (Å²) in [5.74, 6) is -2.52. The van der Waals surface area contributed by atoms with Crippen LogP contribution in [0.2, 0.25) is 15.1 Å². The van der Waals surface area contributed by atoms with E-state index in [4.69, 9.17) is 53.0 Å². The molecule has 0 bridgehead atoms. The highest BCUT2D eigenvalue weighted by Crippen LogP contribution is 2.49. The molecule has 0 spiro atoms. The number of aromatic nitrogens is 3. The second-order valence-corrected chi connectivity index (χ2v) is 30.5. The molecular weight excluding hydrogens is 1620 g/mol. The second-order valence-electron chi connectivity index (χ2n) is 29.2. The van der Waals surface area contributed by atoms with E-state index in [-0.39, 0.29) is 80.2 Å². The molecule has 604 valence electrons. The maximum absolute atomic E-state index is 12.6. The third-order valence-corrected chi connectivity index (χ3v) is 22.3. The predicted molar refractivity (Wildman–Crippen MR) is 480 cm³/mol. The maximum atomic E-state index is 12.6. The zero-order valence-corrected chi connectivity index (χ0v) is 67.3. The molecule has 13 aromatic rings. The summed E-state index contributed by atoms with van der Waals surface area (Å²) in [4.78, 5) is 87.5. The zero-order valence-electron chi connectivity index (χ0n) is 65.1. The number of phenolic OH excluding ortho intramolecular Hbond substituents is 3. The fourth-order valence-electron chi connectivity index (χ4n) is 15.5. The minimum absolute atomic E-state index is 0.00877. The summed E-state index contributed by atoms with van der Waals surface area (Å²) in [5, 5.41) is 77.1. The third kappa shape index (κ3) is 15.8. The van der Waals surface area contributed by atoms with Crippen molar-refractivity contribution in [3.05, 3.63) is 369 Å². The first-order valence-electron chi connectivity index (χ1n) is 38.6. The molecule has 10 aromatic carbocycles. The van der Waals surface area contributed by atoms with Crippen molar-refractivity contribution < 1.29 is 58.3 Å². The Balaban J connectivity index is 0.000000131. The van der Waals surface area contributed by atoms with Gasteiger partial charge in [0.1, 0.15) is 51.3 Å². The van der Waals surface area contributed by atoms with E-state index in [0.29, 0.717) is 112 Å². The highest BCUT2D eigenvalue weighted by atomic mass is 35.5. The Morgan fingerprint density at radius 3 is 1.12 bits per heavy atom. The number of aryl methyl sites for hydroxylation is 2. The van der Waals surface area contributed by atoms with Crippen molar-refractivity contribution in [1.82, 2.24) is 15.0 Å². The van der Waals surface area contributed by atoms with E-state index in [2.05, 4.69) is 38.1 Å². The van der Waals surface area contributed by atoms with Crippen molar-refractivity contribution in [2.24, 2.45) is 0 Å². The minimum atomic E-state index is -1.10. The Morgan fingerprint density at radius 2 is 0.724 bits per heavy atom. The number of rotatable bonds is 17. The molecule has 0 saturated carbocycles. The van der Waals surface area contributed by atoms with Crippen LogP contribution in [-0.4, -0.2) is 63.5 Å². The summed E-state index contributed by atoms with van der Waals surface area (Å²) in [6, 6.07) is 77.5. The number of halogens is 3. The molecule has 0 atom stereocenters. The molecule has 24 heteroatoms. The number of carbonyl (C=O) groups is 3. The Hall–Kier alpha value is -15.4. The maximum Gasteiger partial charge on any atom is 0.336 e. The Kier molecular flexibility index (Phi) is 21.7. The highest BCUT2D eigenvalue weighted by molar-refractivity contribution is 6.32. The van der Waals surface area contributed by atoms with Crippen LogP contribution in [0.25, 0.3) is 133 Å².